The average molecular weight is 239 g/mol. The number of hydrogen-bond acceptors (Lipinski definition) is 1. The molecule has 1 fully saturated rings. The van der Waals surface area contributed by atoms with Crippen molar-refractivity contribution in [3.05, 3.63) is 35.6 Å². The smallest absolute Gasteiger partial charge is 0.127 e. The zero-order valence-corrected chi connectivity index (χ0v) is 10.2. The summed E-state index contributed by atoms with van der Waals surface area (Å²) in [6.45, 7) is 2.43. The highest BCUT2D eigenvalue weighted by atomic mass is 19.1. The molecule has 0 amide bonds. The van der Waals surface area contributed by atoms with Gasteiger partial charge in [0.05, 0.1) is 0 Å². The molecule has 17 heavy (non-hydrogen) atoms. The SMILES string of the molecule is CC(F)(Cc1ccccc1F)C1CCCCN1. The molecule has 1 aliphatic rings. The molecule has 2 rings (SSSR count). The van der Waals surface area contributed by atoms with Crippen LogP contribution in [0.3, 0.4) is 0 Å². The fourth-order valence-corrected chi connectivity index (χ4v) is 2.50. The van der Waals surface area contributed by atoms with Gasteiger partial charge in [-0.25, -0.2) is 8.78 Å². The lowest BCUT2D eigenvalue weighted by molar-refractivity contribution is 0.107. The van der Waals surface area contributed by atoms with Crippen LogP contribution in [0, 0.1) is 5.82 Å². The van der Waals surface area contributed by atoms with Crippen LogP contribution in [0.2, 0.25) is 0 Å². The van der Waals surface area contributed by atoms with Crippen molar-refractivity contribution in [2.75, 3.05) is 6.54 Å². The number of benzene rings is 1. The van der Waals surface area contributed by atoms with Crippen molar-refractivity contribution >= 4 is 0 Å². The van der Waals surface area contributed by atoms with Crippen molar-refractivity contribution in [3.8, 4) is 0 Å². The fraction of sp³-hybridized carbons (Fsp3) is 0.571. The summed E-state index contributed by atoms with van der Waals surface area (Å²) in [7, 11) is 0. The van der Waals surface area contributed by atoms with Gasteiger partial charge in [-0.3, -0.25) is 0 Å². The van der Waals surface area contributed by atoms with Gasteiger partial charge in [-0.05, 0) is 37.9 Å². The number of piperidine rings is 1. The second-order valence-electron chi connectivity index (χ2n) is 5.05. The third kappa shape index (κ3) is 3.03. The lowest BCUT2D eigenvalue weighted by Crippen LogP contribution is -2.49. The summed E-state index contributed by atoms with van der Waals surface area (Å²) >= 11 is 0. The van der Waals surface area contributed by atoms with Crippen molar-refractivity contribution in [2.24, 2.45) is 0 Å². The minimum absolute atomic E-state index is 0.136. The van der Waals surface area contributed by atoms with E-state index in [1.165, 1.54) is 6.07 Å². The van der Waals surface area contributed by atoms with Gasteiger partial charge in [0.15, 0.2) is 0 Å². The number of nitrogens with one attached hydrogen (secondary N) is 1. The number of rotatable bonds is 3. The van der Waals surface area contributed by atoms with Crippen molar-refractivity contribution in [3.63, 3.8) is 0 Å². The van der Waals surface area contributed by atoms with E-state index < -0.39 is 5.67 Å². The molecule has 2 unspecified atom stereocenters. The topological polar surface area (TPSA) is 12.0 Å². The Balaban J connectivity index is 2.08. The fourth-order valence-electron chi connectivity index (χ4n) is 2.50. The number of alkyl halides is 1. The molecular formula is C14H19F2N. The Morgan fingerprint density at radius 3 is 2.76 bits per heavy atom. The molecule has 94 valence electrons. The molecule has 0 spiro atoms. The third-order valence-electron chi connectivity index (χ3n) is 3.53. The Labute approximate surface area is 101 Å². The number of hydrogen-bond donors (Lipinski definition) is 1. The van der Waals surface area contributed by atoms with Gasteiger partial charge in [0.25, 0.3) is 0 Å². The Kier molecular flexibility index (Phi) is 3.77. The Hall–Kier alpha value is -0.960. The van der Waals surface area contributed by atoms with Crippen molar-refractivity contribution in [1.29, 1.82) is 0 Å². The zero-order valence-electron chi connectivity index (χ0n) is 10.2. The van der Waals surface area contributed by atoms with Gasteiger partial charge in [-0.2, -0.15) is 0 Å². The Bertz CT molecular complexity index is 370. The normalized spacial score (nSPS) is 24.3. The third-order valence-corrected chi connectivity index (χ3v) is 3.53. The molecule has 0 radical (unpaired) electrons. The first kappa shape index (κ1) is 12.5. The molecule has 0 bridgehead atoms. The summed E-state index contributed by atoms with van der Waals surface area (Å²) in [6, 6.07) is 6.28. The molecular weight excluding hydrogens is 220 g/mol. The summed E-state index contributed by atoms with van der Waals surface area (Å²) in [5.41, 5.74) is -0.923. The minimum Gasteiger partial charge on any atom is -0.311 e. The van der Waals surface area contributed by atoms with Gasteiger partial charge >= 0.3 is 0 Å². The Morgan fingerprint density at radius 1 is 1.35 bits per heavy atom. The van der Waals surface area contributed by atoms with Crippen molar-refractivity contribution in [1.82, 2.24) is 5.32 Å². The van der Waals surface area contributed by atoms with E-state index in [9.17, 15) is 8.78 Å². The first-order chi connectivity index (χ1) is 8.09. The van der Waals surface area contributed by atoms with E-state index in [-0.39, 0.29) is 18.3 Å². The zero-order chi connectivity index (χ0) is 12.3. The molecule has 1 heterocycles. The van der Waals surface area contributed by atoms with Crippen LogP contribution in [-0.2, 0) is 6.42 Å². The minimum atomic E-state index is -1.39. The summed E-state index contributed by atoms with van der Waals surface area (Å²) < 4.78 is 28.1. The van der Waals surface area contributed by atoms with E-state index in [2.05, 4.69) is 5.32 Å². The van der Waals surface area contributed by atoms with E-state index in [1.54, 1.807) is 25.1 Å². The molecule has 1 aromatic rings. The average Bonchev–Trinajstić information content (AvgIpc) is 2.33. The molecule has 1 saturated heterocycles. The van der Waals surface area contributed by atoms with Gasteiger partial charge < -0.3 is 5.32 Å². The maximum Gasteiger partial charge on any atom is 0.127 e. The van der Waals surface area contributed by atoms with E-state index >= 15 is 0 Å². The predicted octanol–water partition coefficient (Wildman–Crippen LogP) is 3.24. The monoisotopic (exact) mass is 239 g/mol. The second kappa shape index (κ2) is 5.13. The first-order valence-electron chi connectivity index (χ1n) is 6.25. The molecule has 1 nitrogen and oxygen atoms in total. The quantitative estimate of drug-likeness (QED) is 0.854. The predicted molar refractivity (Wildman–Crippen MR) is 65.3 cm³/mol. The van der Waals surface area contributed by atoms with Crippen LogP contribution in [0.4, 0.5) is 8.78 Å². The largest absolute Gasteiger partial charge is 0.311 e. The highest BCUT2D eigenvalue weighted by molar-refractivity contribution is 5.20. The highest BCUT2D eigenvalue weighted by Crippen LogP contribution is 2.27. The van der Waals surface area contributed by atoms with Crippen molar-refractivity contribution < 1.29 is 8.78 Å². The van der Waals surface area contributed by atoms with E-state index in [4.69, 9.17) is 0 Å². The number of halogens is 2. The van der Waals surface area contributed by atoms with Gasteiger partial charge in [0.2, 0.25) is 0 Å². The van der Waals surface area contributed by atoms with Crippen LogP contribution in [0.1, 0.15) is 31.7 Å². The highest BCUT2D eigenvalue weighted by Gasteiger charge is 2.35. The van der Waals surface area contributed by atoms with Gasteiger partial charge in [-0.1, -0.05) is 24.6 Å². The lowest BCUT2D eigenvalue weighted by atomic mass is 9.86. The second-order valence-corrected chi connectivity index (χ2v) is 5.05. The van der Waals surface area contributed by atoms with E-state index in [0.717, 1.165) is 25.8 Å². The summed E-state index contributed by atoms with van der Waals surface area (Å²) in [5.74, 6) is -0.313. The Morgan fingerprint density at radius 2 is 2.12 bits per heavy atom. The lowest BCUT2D eigenvalue weighted by Gasteiger charge is -2.34. The van der Waals surface area contributed by atoms with Crippen LogP contribution in [0.5, 0.6) is 0 Å². The van der Waals surface area contributed by atoms with Gasteiger partial charge in [-0.15, -0.1) is 0 Å². The molecule has 1 aromatic carbocycles. The van der Waals surface area contributed by atoms with Crippen LogP contribution in [0.25, 0.3) is 0 Å². The molecule has 2 atom stereocenters. The van der Waals surface area contributed by atoms with Crippen molar-refractivity contribution in [2.45, 2.75) is 44.3 Å². The molecule has 0 aromatic heterocycles. The maximum absolute atomic E-state index is 14.6. The van der Waals surface area contributed by atoms with Crippen LogP contribution >= 0.6 is 0 Å². The summed E-state index contributed by atoms with van der Waals surface area (Å²) in [6.07, 6.45) is 3.12. The molecule has 3 heteroatoms. The van der Waals surface area contributed by atoms with Crippen LogP contribution < -0.4 is 5.32 Å². The summed E-state index contributed by atoms with van der Waals surface area (Å²) in [4.78, 5) is 0. The standard InChI is InChI=1S/C14H19F2N/c1-14(16,13-8-4-5-9-17-13)10-11-6-2-3-7-12(11)15/h2-3,6-7,13,17H,4-5,8-10H2,1H3. The summed E-state index contributed by atoms with van der Waals surface area (Å²) in [5, 5.41) is 3.20. The van der Waals surface area contributed by atoms with Crippen LogP contribution in [-0.4, -0.2) is 18.3 Å². The maximum atomic E-state index is 14.6. The van der Waals surface area contributed by atoms with E-state index in [0.29, 0.717) is 5.56 Å². The molecule has 1 N–H and O–H groups in total. The first-order valence-corrected chi connectivity index (χ1v) is 6.25. The van der Waals surface area contributed by atoms with Crippen LogP contribution in [0.15, 0.2) is 24.3 Å². The van der Waals surface area contributed by atoms with Gasteiger partial charge in [0, 0.05) is 12.5 Å². The molecule has 0 aliphatic carbocycles. The molecule has 0 saturated carbocycles. The van der Waals surface area contributed by atoms with Gasteiger partial charge in [0.1, 0.15) is 11.5 Å². The molecule has 1 aliphatic heterocycles. The van der Waals surface area contributed by atoms with E-state index in [1.807, 2.05) is 0 Å².